The quantitative estimate of drug-likeness (QED) is 0.811. The lowest BCUT2D eigenvalue weighted by Crippen LogP contribution is -2.33. The normalized spacial score (nSPS) is 19.6. The summed E-state index contributed by atoms with van der Waals surface area (Å²) in [4.78, 5) is 14.6. The van der Waals surface area contributed by atoms with Crippen molar-refractivity contribution in [2.24, 2.45) is 0 Å². The number of nitrogens with zero attached hydrogens (tertiary/aromatic N) is 1. The molecule has 1 fully saturated rings. The van der Waals surface area contributed by atoms with Crippen LogP contribution in [0.5, 0.6) is 0 Å². The molecule has 0 bridgehead atoms. The predicted molar refractivity (Wildman–Crippen MR) is 83.3 cm³/mol. The first kappa shape index (κ1) is 13.4. The van der Waals surface area contributed by atoms with Gasteiger partial charge in [-0.3, -0.25) is 4.79 Å². The van der Waals surface area contributed by atoms with Crippen molar-refractivity contribution >= 4 is 17.2 Å². The van der Waals surface area contributed by atoms with Crippen molar-refractivity contribution in [3.05, 3.63) is 58.3 Å². The maximum Gasteiger partial charge on any atom is 0.254 e. The first-order valence-electron chi connectivity index (χ1n) is 7.21. The van der Waals surface area contributed by atoms with Gasteiger partial charge in [-0.2, -0.15) is 11.3 Å². The van der Waals surface area contributed by atoms with E-state index in [1.807, 2.05) is 21.7 Å². The molecule has 1 aromatic heterocycles. The zero-order valence-corrected chi connectivity index (χ0v) is 12.3. The van der Waals surface area contributed by atoms with E-state index < -0.39 is 0 Å². The zero-order valence-electron chi connectivity index (χ0n) is 11.5. The second-order valence-electron chi connectivity index (χ2n) is 5.37. The predicted octanol–water partition coefficient (Wildman–Crippen LogP) is 4.16. The lowest BCUT2D eigenvalue weighted by atomic mass is 9.94. The van der Waals surface area contributed by atoms with Crippen molar-refractivity contribution in [2.45, 2.75) is 25.2 Å². The standard InChI is InChI=1S/C17H19NOS/c19-17(16-9-11-20-13-16)18-10-5-4-8-15(12-18)14-6-2-1-3-7-14/h1-3,6-7,9,11,13,15H,4-5,8,10,12H2. The van der Waals surface area contributed by atoms with Crippen molar-refractivity contribution in [3.63, 3.8) is 0 Å². The van der Waals surface area contributed by atoms with Crippen molar-refractivity contribution in [3.8, 4) is 0 Å². The average Bonchev–Trinajstić information content (AvgIpc) is 2.92. The van der Waals surface area contributed by atoms with Gasteiger partial charge in [-0.05, 0) is 29.9 Å². The molecule has 0 saturated carbocycles. The molecule has 1 aliphatic heterocycles. The molecule has 1 saturated heterocycles. The van der Waals surface area contributed by atoms with Crippen LogP contribution in [-0.2, 0) is 0 Å². The molecule has 2 heterocycles. The minimum Gasteiger partial charge on any atom is -0.338 e. The molecule has 0 aliphatic carbocycles. The van der Waals surface area contributed by atoms with Gasteiger partial charge in [-0.25, -0.2) is 0 Å². The second kappa shape index (κ2) is 6.23. The molecule has 3 heteroatoms. The summed E-state index contributed by atoms with van der Waals surface area (Å²) in [7, 11) is 0. The number of hydrogen-bond acceptors (Lipinski definition) is 2. The van der Waals surface area contributed by atoms with Gasteiger partial charge in [0.25, 0.3) is 5.91 Å². The molecule has 1 atom stereocenters. The highest BCUT2D eigenvalue weighted by Gasteiger charge is 2.23. The molecule has 0 N–H and O–H groups in total. The van der Waals surface area contributed by atoms with Crippen LogP contribution in [0.2, 0.25) is 0 Å². The molecule has 0 spiro atoms. The Balaban J connectivity index is 1.77. The number of hydrogen-bond donors (Lipinski definition) is 0. The Morgan fingerprint density at radius 2 is 2.00 bits per heavy atom. The van der Waals surface area contributed by atoms with Crippen molar-refractivity contribution in [2.75, 3.05) is 13.1 Å². The zero-order chi connectivity index (χ0) is 13.8. The molecule has 104 valence electrons. The van der Waals surface area contributed by atoms with Gasteiger partial charge < -0.3 is 4.90 Å². The topological polar surface area (TPSA) is 20.3 Å². The Hall–Kier alpha value is -1.61. The van der Waals surface area contributed by atoms with E-state index in [0.29, 0.717) is 5.92 Å². The SMILES string of the molecule is O=C(c1ccsc1)N1CCCCC(c2ccccc2)C1. The molecule has 20 heavy (non-hydrogen) atoms. The molecule has 1 aliphatic rings. The van der Waals surface area contributed by atoms with Crippen LogP contribution >= 0.6 is 11.3 Å². The van der Waals surface area contributed by atoms with Gasteiger partial charge in [0, 0.05) is 24.4 Å². The van der Waals surface area contributed by atoms with Crippen molar-refractivity contribution in [1.82, 2.24) is 4.90 Å². The Bertz CT molecular complexity index is 550. The van der Waals surface area contributed by atoms with Gasteiger partial charge in [0.1, 0.15) is 0 Å². The lowest BCUT2D eigenvalue weighted by Gasteiger charge is -2.24. The molecule has 2 aromatic rings. The highest BCUT2D eigenvalue weighted by Crippen LogP contribution is 2.27. The number of benzene rings is 1. The minimum absolute atomic E-state index is 0.189. The summed E-state index contributed by atoms with van der Waals surface area (Å²) in [5.74, 6) is 0.662. The van der Waals surface area contributed by atoms with Crippen LogP contribution in [0.15, 0.2) is 47.2 Å². The first-order chi connectivity index (χ1) is 9.84. The van der Waals surface area contributed by atoms with Crippen LogP contribution in [0.3, 0.4) is 0 Å². The number of thiophene rings is 1. The third-order valence-electron chi connectivity index (χ3n) is 4.00. The Morgan fingerprint density at radius 3 is 2.75 bits per heavy atom. The van der Waals surface area contributed by atoms with Gasteiger partial charge in [-0.15, -0.1) is 0 Å². The molecule has 2 nitrogen and oxygen atoms in total. The number of carbonyl (C=O) groups excluding carboxylic acids is 1. The summed E-state index contributed by atoms with van der Waals surface area (Å²) in [5, 5.41) is 3.92. The summed E-state index contributed by atoms with van der Waals surface area (Å²) in [5.41, 5.74) is 2.20. The van der Waals surface area contributed by atoms with Gasteiger partial charge in [0.15, 0.2) is 0 Å². The smallest absolute Gasteiger partial charge is 0.254 e. The van der Waals surface area contributed by atoms with E-state index in [0.717, 1.165) is 25.1 Å². The van der Waals surface area contributed by atoms with E-state index in [9.17, 15) is 4.79 Å². The Labute approximate surface area is 124 Å². The number of rotatable bonds is 2. The van der Waals surface area contributed by atoms with Crippen molar-refractivity contribution in [1.29, 1.82) is 0 Å². The maximum atomic E-state index is 12.5. The number of carbonyl (C=O) groups is 1. The summed E-state index contributed by atoms with van der Waals surface area (Å²) in [6.45, 7) is 1.73. The molecule has 0 radical (unpaired) electrons. The molecular formula is C17H19NOS. The van der Waals surface area contributed by atoms with Gasteiger partial charge >= 0.3 is 0 Å². The van der Waals surface area contributed by atoms with Crippen LogP contribution in [0.1, 0.15) is 41.1 Å². The fourth-order valence-electron chi connectivity index (χ4n) is 2.89. The Morgan fingerprint density at radius 1 is 1.15 bits per heavy atom. The van der Waals surface area contributed by atoms with Crippen molar-refractivity contribution < 1.29 is 4.79 Å². The number of likely N-dealkylation sites (tertiary alicyclic amines) is 1. The summed E-state index contributed by atoms with van der Waals surface area (Å²) >= 11 is 1.59. The highest BCUT2D eigenvalue weighted by atomic mass is 32.1. The molecule has 3 rings (SSSR count). The van der Waals surface area contributed by atoms with E-state index in [4.69, 9.17) is 0 Å². The first-order valence-corrected chi connectivity index (χ1v) is 8.15. The van der Waals surface area contributed by atoms with E-state index in [1.54, 1.807) is 11.3 Å². The van der Waals surface area contributed by atoms with Gasteiger partial charge in [0.2, 0.25) is 0 Å². The average molecular weight is 285 g/mol. The summed E-state index contributed by atoms with van der Waals surface area (Å²) < 4.78 is 0. The summed E-state index contributed by atoms with van der Waals surface area (Å²) in [6, 6.07) is 12.5. The monoisotopic (exact) mass is 285 g/mol. The van der Waals surface area contributed by atoms with E-state index in [1.165, 1.54) is 18.4 Å². The third kappa shape index (κ3) is 2.93. The highest BCUT2D eigenvalue weighted by molar-refractivity contribution is 7.08. The largest absolute Gasteiger partial charge is 0.338 e. The fourth-order valence-corrected chi connectivity index (χ4v) is 3.52. The third-order valence-corrected chi connectivity index (χ3v) is 4.68. The number of amides is 1. The minimum atomic E-state index is 0.189. The van der Waals surface area contributed by atoms with Crippen LogP contribution in [0.25, 0.3) is 0 Å². The van der Waals surface area contributed by atoms with E-state index >= 15 is 0 Å². The second-order valence-corrected chi connectivity index (χ2v) is 6.15. The Kier molecular flexibility index (Phi) is 4.16. The van der Waals surface area contributed by atoms with E-state index in [2.05, 4.69) is 30.3 Å². The molecule has 1 amide bonds. The van der Waals surface area contributed by atoms with Gasteiger partial charge in [-0.1, -0.05) is 36.8 Å². The lowest BCUT2D eigenvalue weighted by molar-refractivity contribution is 0.0755. The van der Waals surface area contributed by atoms with Crippen LogP contribution in [0.4, 0.5) is 0 Å². The molecular weight excluding hydrogens is 266 g/mol. The van der Waals surface area contributed by atoms with Crippen LogP contribution in [0, 0.1) is 0 Å². The molecule has 1 unspecified atom stereocenters. The molecule has 1 aromatic carbocycles. The maximum absolute atomic E-state index is 12.5. The van der Waals surface area contributed by atoms with Crippen LogP contribution in [-0.4, -0.2) is 23.9 Å². The fraction of sp³-hybridized carbons (Fsp3) is 0.353. The van der Waals surface area contributed by atoms with Crippen LogP contribution < -0.4 is 0 Å². The summed E-state index contributed by atoms with van der Waals surface area (Å²) in [6.07, 6.45) is 3.49. The van der Waals surface area contributed by atoms with E-state index in [-0.39, 0.29) is 5.91 Å². The van der Waals surface area contributed by atoms with Gasteiger partial charge in [0.05, 0.1) is 5.56 Å².